The molecule has 2 aromatic heterocycles. The first-order valence-corrected chi connectivity index (χ1v) is 11.8. The molecule has 2 fully saturated rings. The second-order valence-corrected chi connectivity index (χ2v) is 9.46. The van der Waals surface area contributed by atoms with Crippen LogP contribution in [-0.2, 0) is 4.79 Å². The van der Waals surface area contributed by atoms with Crippen LogP contribution >= 0.6 is 11.3 Å². The maximum absolute atomic E-state index is 12.2. The second kappa shape index (κ2) is 8.56. The van der Waals surface area contributed by atoms with Crippen LogP contribution in [0.25, 0.3) is 11.4 Å². The van der Waals surface area contributed by atoms with Crippen molar-refractivity contribution in [3.63, 3.8) is 0 Å². The number of rotatable bonds is 4. The van der Waals surface area contributed by atoms with Crippen molar-refractivity contribution in [1.29, 1.82) is 0 Å². The summed E-state index contributed by atoms with van der Waals surface area (Å²) in [4.78, 5) is 38.2. The van der Waals surface area contributed by atoms with Crippen LogP contribution in [0, 0.1) is 11.8 Å². The van der Waals surface area contributed by atoms with Gasteiger partial charge in [-0.2, -0.15) is 0 Å². The van der Waals surface area contributed by atoms with Crippen molar-refractivity contribution < 1.29 is 14.7 Å². The fourth-order valence-corrected chi connectivity index (χ4v) is 5.03. The van der Waals surface area contributed by atoms with Gasteiger partial charge in [-0.05, 0) is 30.0 Å². The van der Waals surface area contributed by atoms with Gasteiger partial charge >= 0.3 is 0 Å². The van der Waals surface area contributed by atoms with E-state index in [2.05, 4.69) is 27.8 Å². The Morgan fingerprint density at radius 1 is 1.24 bits per heavy atom. The molecule has 0 unspecified atom stereocenters. The molecule has 5 rings (SSSR count). The number of carbonyl (C=O) groups is 2. The van der Waals surface area contributed by atoms with Gasteiger partial charge in [-0.3, -0.25) is 9.59 Å². The molecular formula is C25H23N5O3S. The average molecular weight is 474 g/mol. The largest absolute Gasteiger partial charge is 0.369 e. The maximum atomic E-state index is 12.2. The Morgan fingerprint density at radius 2 is 2.09 bits per heavy atom. The lowest BCUT2D eigenvalue weighted by Gasteiger charge is -2.41. The number of hydrogen-bond acceptors (Lipinski definition) is 7. The number of hydrogen-bond donors (Lipinski definition) is 2. The zero-order valence-corrected chi connectivity index (χ0v) is 19.4. The quantitative estimate of drug-likeness (QED) is 0.562. The molecule has 3 N–H and O–H groups in total. The minimum Gasteiger partial charge on any atom is -0.369 e. The van der Waals surface area contributed by atoms with E-state index in [0.29, 0.717) is 29.3 Å². The number of nitrogens with zero attached hydrogens (tertiary/aromatic N) is 4. The first kappa shape index (κ1) is 22.1. The van der Waals surface area contributed by atoms with E-state index in [-0.39, 0.29) is 18.2 Å². The molecule has 2 saturated heterocycles. The number of thiophene rings is 1. The number of carbonyl (C=O) groups excluding carboxylic acids is 2. The van der Waals surface area contributed by atoms with Crippen LogP contribution in [0.1, 0.15) is 39.8 Å². The zero-order chi connectivity index (χ0) is 23.9. The number of nitrogens with two attached hydrogens (primary N) is 1. The fourth-order valence-electron chi connectivity index (χ4n) is 4.16. The van der Waals surface area contributed by atoms with E-state index in [0.717, 1.165) is 13.0 Å². The standard InChI is InChI=1S/C25H23N5O3S/c1-29-12-10-25(33,24(29)32)9-7-16-4-2-5-17(14-16)23-27-18(22(26)31)15-21(28-23)30-11-8-19(30)20-6-3-13-34-20/h2-6,13-15,19,33H,8,10-12H2,1H3,(H2,26,31)/t19-,25+/m1/s1. The van der Waals surface area contributed by atoms with Crippen molar-refractivity contribution in [2.75, 3.05) is 25.0 Å². The Bertz CT molecular complexity index is 1330. The molecule has 4 heterocycles. The topological polar surface area (TPSA) is 113 Å². The molecule has 2 aliphatic rings. The van der Waals surface area contributed by atoms with Gasteiger partial charge in [0.05, 0.1) is 6.04 Å². The van der Waals surface area contributed by atoms with Crippen molar-refractivity contribution in [2.24, 2.45) is 5.73 Å². The zero-order valence-electron chi connectivity index (χ0n) is 18.6. The summed E-state index contributed by atoms with van der Waals surface area (Å²) in [7, 11) is 1.64. The van der Waals surface area contributed by atoms with Gasteiger partial charge in [0, 0.05) is 48.6 Å². The van der Waals surface area contributed by atoms with E-state index in [1.165, 1.54) is 9.78 Å². The minimum absolute atomic E-state index is 0.141. The molecular weight excluding hydrogens is 450 g/mol. The molecule has 0 radical (unpaired) electrons. The van der Waals surface area contributed by atoms with Crippen LogP contribution in [0.15, 0.2) is 47.8 Å². The Morgan fingerprint density at radius 3 is 2.74 bits per heavy atom. The van der Waals surface area contributed by atoms with Gasteiger partial charge in [0.1, 0.15) is 11.5 Å². The van der Waals surface area contributed by atoms with Gasteiger partial charge in [-0.25, -0.2) is 9.97 Å². The molecule has 9 heteroatoms. The molecule has 1 aromatic carbocycles. The molecule has 2 amide bonds. The van der Waals surface area contributed by atoms with Crippen molar-refractivity contribution in [3.8, 4) is 23.2 Å². The summed E-state index contributed by atoms with van der Waals surface area (Å²) in [6.07, 6.45) is 1.27. The lowest BCUT2D eigenvalue weighted by atomic mass is 10.0. The van der Waals surface area contributed by atoms with Crippen LogP contribution in [-0.4, -0.2) is 57.5 Å². The van der Waals surface area contributed by atoms with Crippen molar-refractivity contribution in [3.05, 3.63) is 64.0 Å². The van der Waals surface area contributed by atoms with Gasteiger partial charge in [0.25, 0.3) is 11.8 Å². The Balaban J connectivity index is 1.48. The molecule has 0 saturated carbocycles. The van der Waals surface area contributed by atoms with E-state index in [9.17, 15) is 14.7 Å². The number of anilines is 1. The molecule has 0 spiro atoms. The number of benzene rings is 1. The average Bonchev–Trinajstić information content (AvgIpc) is 3.42. The van der Waals surface area contributed by atoms with Gasteiger partial charge in [-0.1, -0.05) is 30.0 Å². The molecule has 8 nitrogen and oxygen atoms in total. The number of likely N-dealkylation sites (N-methyl/N-ethyl adjacent to an activating group) is 1. The van der Waals surface area contributed by atoms with E-state index in [1.807, 2.05) is 17.5 Å². The Kier molecular flexibility index (Phi) is 5.55. The van der Waals surface area contributed by atoms with E-state index in [4.69, 9.17) is 10.7 Å². The highest BCUT2D eigenvalue weighted by atomic mass is 32.1. The molecule has 34 heavy (non-hydrogen) atoms. The van der Waals surface area contributed by atoms with Crippen LogP contribution < -0.4 is 10.6 Å². The predicted molar refractivity (Wildman–Crippen MR) is 129 cm³/mol. The highest BCUT2D eigenvalue weighted by Gasteiger charge is 2.42. The van der Waals surface area contributed by atoms with Crippen LogP contribution in [0.2, 0.25) is 0 Å². The molecule has 0 bridgehead atoms. The number of amides is 2. The lowest BCUT2D eigenvalue weighted by Crippen LogP contribution is -2.41. The summed E-state index contributed by atoms with van der Waals surface area (Å²) in [5, 5.41) is 12.6. The third kappa shape index (κ3) is 4.02. The lowest BCUT2D eigenvalue weighted by molar-refractivity contribution is -0.137. The summed E-state index contributed by atoms with van der Waals surface area (Å²) >= 11 is 1.69. The Hall–Kier alpha value is -3.74. The summed E-state index contributed by atoms with van der Waals surface area (Å²) < 4.78 is 0. The second-order valence-electron chi connectivity index (χ2n) is 8.48. The third-order valence-electron chi connectivity index (χ3n) is 6.19. The van der Waals surface area contributed by atoms with Gasteiger partial charge in [0.2, 0.25) is 5.60 Å². The highest BCUT2D eigenvalue weighted by Crippen LogP contribution is 2.39. The molecule has 2 aliphatic heterocycles. The highest BCUT2D eigenvalue weighted by molar-refractivity contribution is 7.10. The van der Waals surface area contributed by atoms with Gasteiger partial charge in [-0.15, -0.1) is 11.3 Å². The molecule has 172 valence electrons. The predicted octanol–water partition coefficient (Wildman–Crippen LogP) is 2.20. The first-order chi connectivity index (χ1) is 16.3. The van der Waals surface area contributed by atoms with Crippen LogP contribution in [0.5, 0.6) is 0 Å². The van der Waals surface area contributed by atoms with Crippen molar-refractivity contribution in [2.45, 2.75) is 24.5 Å². The molecule has 3 aromatic rings. The van der Waals surface area contributed by atoms with Crippen LogP contribution in [0.3, 0.4) is 0 Å². The summed E-state index contributed by atoms with van der Waals surface area (Å²) in [6, 6.07) is 13.1. The van der Waals surface area contributed by atoms with Crippen molar-refractivity contribution in [1.82, 2.24) is 14.9 Å². The monoisotopic (exact) mass is 473 g/mol. The summed E-state index contributed by atoms with van der Waals surface area (Å²) in [5.74, 6) is 5.62. The van der Waals surface area contributed by atoms with E-state index < -0.39 is 17.4 Å². The van der Waals surface area contributed by atoms with E-state index >= 15 is 0 Å². The maximum Gasteiger partial charge on any atom is 0.267 e. The number of aromatic nitrogens is 2. The van der Waals surface area contributed by atoms with Crippen LogP contribution in [0.4, 0.5) is 5.82 Å². The summed E-state index contributed by atoms with van der Waals surface area (Å²) in [5.41, 5.74) is 5.30. The summed E-state index contributed by atoms with van der Waals surface area (Å²) in [6.45, 7) is 1.29. The molecule has 2 atom stereocenters. The normalized spacial score (nSPS) is 21.7. The fraction of sp³-hybridized carbons (Fsp3) is 0.280. The number of primary amides is 1. The smallest absolute Gasteiger partial charge is 0.267 e. The Labute approximate surface area is 201 Å². The number of likely N-dealkylation sites (tertiary alicyclic amines) is 1. The van der Waals surface area contributed by atoms with Crippen molar-refractivity contribution >= 4 is 29.0 Å². The third-order valence-corrected chi connectivity index (χ3v) is 7.17. The molecule has 0 aliphatic carbocycles. The first-order valence-electron chi connectivity index (χ1n) is 10.9. The minimum atomic E-state index is -1.67. The van der Waals surface area contributed by atoms with E-state index in [1.54, 1.807) is 42.6 Å². The van der Waals surface area contributed by atoms with Gasteiger partial charge < -0.3 is 20.6 Å². The number of aliphatic hydroxyl groups is 1. The SMILES string of the molecule is CN1CC[C@@](O)(C#Cc2cccc(-c3nc(C(N)=O)cc(N4CC[C@@H]4c4cccs4)n3)c2)C1=O. The van der Waals surface area contributed by atoms with Gasteiger partial charge in [0.15, 0.2) is 5.82 Å².